The van der Waals surface area contributed by atoms with Crippen molar-refractivity contribution in [3.05, 3.63) is 45.9 Å². The van der Waals surface area contributed by atoms with Gasteiger partial charge in [0.05, 0.1) is 11.8 Å². The average Bonchev–Trinajstić information content (AvgIpc) is 3.30. The predicted molar refractivity (Wildman–Crippen MR) is 110 cm³/mol. The molecule has 6 nitrogen and oxygen atoms in total. The molecule has 0 unspecified atom stereocenters. The number of hydrogen-bond donors (Lipinski definition) is 1. The van der Waals surface area contributed by atoms with Crippen molar-refractivity contribution in [2.75, 3.05) is 11.1 Å². The number of thioether (sulfide) groups is 1. The van der Waals surface area contributed by atoms with Crippen molar-refractivity contribution in [3.8, 4) is 6.07 Å². The highest BCUT2D eigenvalue weighted by Gasteiger charge is 2.23. The number of anilines is 2. The first-order valence-corrected chi connectivity index (χ1v) is 10.9. The van der Waals surface area contributed by atoms with Gasteiger partial charge in [-0.05, 0) is 31.0 Å². The molecule has 0 saturated heterocycles. The maximum atomic E-state index is 12.4. The van der Waals surface area contributed by atoms with E-state index in [1.54, 1.807) is 0 Å². The second-order valence-electron chi connectivity index (χ2n) is 5.69. The molecule has 2 aromatic heterocycles. The zero-order chi connectivity index (χ0) is 19.2. The van der Waals surface area contributed by atoms with Crippen molar-refractivity contribution >= 4 is 51.0 Å². The molecule has 3 aromatic rings. The summed E-state index contributed by atoms with van der Waals surface area (Å²) in [6.07, 6.45) is 0.998. The van der Waals surface area contributed by atoms with Crippen LogP contribution in [0.3, 0.4) is 0 Å². The Morgan fingerprint density at radius 2 is 2.11 bits per heavy atom. The summed E-state index contributed by atoms with van der Waals surface area (Å²) in [5.41, 5.74) is 3.04. The monoisotopic (exact) mass is 415 g/mol. The Balaban J connectivity index is 1.57. The topological polar surface area (TPSA) is 91.6 Å². The molecule has 0 aliphatic rings. The SMILES string of the molecule is CCc1ccc(Nc2nnc(SCC(=O)[C@@H](C#N)c3nc(C)cs3)s2)cc1. The fourth-order valence-corrected chi connectivity index (χ4v) is 4.79. The van der Waals surface area contributed by atoms with Gasteiger partial charge in [0.25, 0.3) is 0 Å². The van der Waals surface area contributed by atoms with Gasteiger partial charge in [0.1, 0.15) is 5.01 Å². The highest BCUT2D eigenvalue weighted by molar-refractivity contribution is 8.01. The second kappa shape index (κ2) is 9.08. The third kappa shape index (κ3) is 5.13. The van der Waals surface area contributed by atoms with Crippen molar-refractivity contribution in [3.63, 3.8) is 0 Å². The van der Waals surface area contributed by atoms with Gasteiger partial charge < -0.3 is 5.32 Å². The Morgan fingerprint density at radius 1 is 1.33 bits per heavy atom. The van der Waals surface area contributed by atoms with Gasteiger partial charge in [-0.25, -0.2) is 4.98 Å². The predicted octanol–water partition coefficient (Wildman–Crippen LogP) is 4.58. The molecule has 0 radical (unpaired) electrons. The first kappa shape index (κ1) is 19.5. The molecule has 0 amide bonds. The van der Waals surface area contributed by atoms with Crippen LogP contribution in [0.1, 0.15) is 29.1 Å². The quantitative estimate of drug-likeness (QED) is 0.538. The third-order valence-electron chi connectivity index (χ3n) is 3.69. The molecule has 0 fully saturated rings. The summed E-state index contributed by atoms with van der Waals surface area (Å²) in [7, 11) is 0. The van der Waals surface area contributed by atoms with Crippen LogP contribution < -0.4 is 5.32 Å². The van der Waals surface area contributed by atoms with Crippen molar-refractivity contribution in [1.82, 2.24) is 15.2 Å². The molecule has 9 heteroatoms. The van der Waals surface area contributed by atoms with Crippen LogP contribution in [0.4, 0.5) is 10.8 Å². The summed E-state index contributed by atoms with van der Waals surface area (Å²) in [5, 5.41) is 23.8. The molecule has 0 saturated carbocycles. The largest absolute Gasteiger partial charge is 0.330 e. The summed E-state index contributed by atoms with van der Waals surface area (Å²) in [6, 6.07) is 10.2. The zero-order valence-corrected chi connectivity index (χ0v) is 17.2. The van der Waals surface area contributed by atoms with Gasteiger partial charge in [-0.1, -0.05) is 42.2 Å². The van der Waals surface area contributed by atoms with Crippen LogP contribution in [-0.4, -0.2) is 26.7 Å². The van der Waals surface area contributed by atoms with E-state index in [-0.39, 0.29) is 11.5 Å². The summed E-state index contributed by atoms with van der Waals surface area (Å²) in [4.78, 5) is 16.6. The minimum absolute atomic E-state index is 0.163. The Kier molecular flexibility index (Phi) is 6.55. The minimum atomic E-state index is -0.821. The Morgan fingerprint density at radius 3 is 2.74 bits per heavy atom. The van der Waals surface area contributed by atoms with Crippen molar-refractivity contribution in [1.29, 1.82) is 5.26 Å². The molecule has 138 valence electrons. The molecule has 0 spiro atoms. The fourth-order valence-electron chi connectivity index (χ4n) is 2.25. The molecule has 1 N–H and O–H groups in total. The van der Waals surface area contributed by atoms with Crippen LogP contribution in [-0.2, 0) is 11.2 Å². The Hall–Kier alpha value is -2.28. The third-order valence-corrected chi connectivity index (χ3v) is 6.71. The van der Waals surface area contributed by atoms with Gasteiger partial charge >= 0.3 is 0 Å². The summed E-state index contributed by atoms with van der Waals surface area (Å²) >= 11 is 4.01. The summed E-state index contributed by atoms with van der Waals surface area (Å²) in [6.45, 7) is 3.96. The zero-order valence-electron chi connectivity index (χ0n) is 14.8. The number of carbonyl (C=O) groups is 1. The van der Waals surface area contributed by atoms with E-state index in [9.17, 15) is 10.1 Å². The van der Waals surface area contributed by atoms with Crippen LogP contribution >= 0.6 is 34.4 Å². The van der Waals surface area contributed by atoms with E-state index >= 15 is 0 Å². The number of rotatable bonds is 8. The maximum absolute atomic E-state index is 12.4. The lowest BCUT2D eigenvalue weighted by molar-refractivity contribution is -0.116. The smallest absolute Gasteiger partial charge is 0.210 e. The number of benzene rings is 1. The molecule has 0 aliphatic carbocycles. The van der Waals surface area contributed by atoms with Crippen LogP contribution in [0.5, 0.6) is 0 Å². The molecule has 3 rings (SSSR count). The first-order valence-electron chi connectivity index (χ1n) is 8.25. The number of nitrogens with zero attached hydrogens (tertiary/aromatic N) is 4. The van der Waals surface area contributed by atoms with E-state index in [0.29, 0.717) is 14.5 Å². The van der Waals surface area contributed by atoms with E-state index in [4.69, 9.17) is 0 Å². The average molecular weight is 416 g/mol. The molecule has 0 bridgehead atoms. The van der Waals surface area contributed by atoms with Crippen LogP contribution in [0.15, 0.2) is 34.0 Å². The highest BCUT2D eigenvalue weighted by atomic mass is 32.2. The van der Waals surface area contributed by atoms with E-state index in [0.717, 1.165) is 17.8 Å². The number of nitrogens with one attached hydrogen (secondary N) is 1. The van der Waals surface area contributed by atoms with Gasteiger partial charge in [0, 0.05) is 16.8 Å². The molecule has 1 atom stereocenters. The molecular formula is C18H17N5OS3. The van der Waals surface area contributed by atoms with E-state index in [1.165, 1.54) is 40.0 Å². The molecule has 1 aromatic carbocycles. The lowest BCUT2D eigenvalue weighted by atomic mass is 10.1. The Bertz CT molecular complexity index is 958. The molecular weight excluding hydrogens is 398 g/mol. The number of Topliss-reactive ketones (excluding diaryl/α,β-unsaturated/α-hetero) is 1. The van der Waals surface area contributed by atoms with Crippen LogP contribution in [0.2, 0.25) is 0 Å². The van der Waals surface area contributed by atoms with Crippen LogP contribution in [0, 0.1) is 18.3 Å². The lowest BCUT2D eigenvalue weighted by Crippen LogP contribution is -2.13. The molecule has 27 heavy (non-hydrogen) atoms. The lowest BCUT2D eigenvalue weighted by Gasteiger charge is -2.03. The number of aromatic nitrogens is 3. The van der Waals surface area contributed by atoms with Gasteiger partial charge in [-0.15, -0.1) is 21.5 Å². The fraction of sp³-hybridized carbons (Fsp3) is 0.278. The second-order valence-corrected chi connectivity index (χ2v) is 8.78. The maximum Gasteiger partial charge on any atom is 0.210 e. The van der Waals surface area contributed by atoms with E-state index in [1.807, 2.05) is 24.4 Å². The number of carbonyl (C=O) groups excluding carboxylic acids is 1. The van der Waals surface area contributed by atoms with Gasteiger partial charge in [0.2, 0.25) is 5.13 Å². The van der Waals surface area contributed by atoms with Gasteiger partial charge in [-0.3, -0.25) is 4.79 Å². The van der Waals surface area contributed by atoms with Gasteiger partial charge in [0.15, 0.2) is 16.0 Å². The molecule has 2 heterocycles. The number of nitriles is 1. The first-order chi connectivity index (χ1) is 13.1. The highest BCUT2D eigenvalue weighted by Crippen LogP contribution is 2.29. The van der Waals surface area contributed by atoms with Crippen LogP contribution in [0.25, 0.3) is 0 Å². The summed E-state index contributed by atoms with van der Waals surface area (Å²) < 4.78 is 0.683. The van der Waals surface area contributed by atoms with Gasteiger partial charge in [-0.2, -0.15) is 5.26 Å². The Labute approximate surface area is 169 Å². The number of thiazole rings is 1. The standard InChI is InChI=1S/C18H17N5OS3/c1-3-12-4-6-13(7-5-12)21-17-22-23-18(27-17)26-10-15(24)14(8-19)16-20-11(2)9-25-16/h4-7,9,14H,3,10H2,1-2H3,(H,21,22)/t14-/m1/s1. The summed E-state index contributed by atoms with van der Waals surface area (Å²) in [5.74, 6) is -0.827. The minimum Gasteiger partial charge on any atom is -0.330 e. The number of aryl methyl sites for hydroxylation is 2. The molecule has 0 aliphatic heterocycles. The van der Waals surface area contributed by atoms with E-state index < -0.39 is 5.92 Å². The van der Waals surface area contributed by atoms with E-state index in [2.05, 4.69) is 45.6 Å². The van der Waals surface area contributed by atoms with Crippen molar-refractivity contribution < 1.29 is 4.79 Å². The normalized spacial score (nSPS) is 11.7. The van der Waals surface area contributed by atoms with Crippen molar-refractivity contribution in [2.45, 2.75) is 30.5 Å². The number of hydrogen-bond acceptors (Lipinski definition) is 9. The van der Waals surface area contributed by atoms with Crippen molar-refractivity contribution in [2.24, 2.45) is 0 Å². The number of ketones is 1.